The van der Waals surface area contributed by atoms with Crippen LogP contribution >= 0.6 is 35.8 Å². The van der Waals surface area contributed by atoms with Gasteiger partial charge in [0.2, 0.25) is 0 Å². The van der Waals surface area contributed by atoms with Crippen LogP contribution in [0.25, 0.3) is 5.43 Å². The molecule has 0 bridgehead atoms. The molecule has 0 aliphatic carbocycles. The van der Waals surface area contributed by atoms with Crippen LogP contribution < -0.4 is 62.5 Å². The third-order valence-electron chi connectivity index (χ3n) is 3.04. The van der Waals surface area contributed by atoms with Crippen LogP contribution in [0.3, 0.4) is 0 Å². The summed E-state index contributed by atoms with van der Waals surface area (Å²) in [4.78, 5) is 4.66. The molecular weight excluding hydrogens is 414 g/mol. The van der Waals surface area contributed by atoms with Gasteiger partial charge in [0.1, 0.15) is 0 Å². The van der Waals surface area contributed by atoms with Gasteiger partial charge in [0.05, 0.1) is 10.0 Å². The molecule has 0 saturated carbocycles. The fourth-order valence-corrected chi connectivity index (χ4v) is 2.31. The van der Waals surface area contributed by atoms with Crippen molar-refractivity contribution in [2.75, 3.05) is 11.2 Å². The molecule has 1 aromatic heterocycles. The summed E-state index contributed by atoms with van der Waals surface area (Å²) in [6.07, 6.45) is 3.55. The molecule has 0 radical (unpaired) electrons. The number of benzene rings is 2. The zero-order chi connectivity index (χ0) is 18.1. The van der Waals surface area contributed by atoms with Crippen molar-refractivity contribution in [3.05, 3.63) is 88.0 Å². The molecule has 0 fully saturated rings. The van der Waals surface area contributed by atoms with Gasteiger partial charge in [-0.1, -0.05) is 35.3 Å². The smallest absolute Gasteiger partial charge is 0.567 e. The van der Waals surface area contributed by atoms with E-state index in [1.165, 1.54) is 0 Å². The van der Waals surface area contributed by atoms with Gasteiger partial charge >= 0.3 is 51.4 Å². The zero-order valence-corrected chi connectivity index (χ0v) is 19.8. The van der Waals surface area contributed by atoms with E-state index < -0.39 is 0 Å². The number of hydrogen-bond donors (Lipinski definition) is 3. The molecule has 1 heterocycles. The van der Waals surface area contributed by atoms with E-state index in [4.69, 9.17) is 28.9 Å². The van der Waals surface area contributed by atoms with Crippen molar-refractivity contribution in [2.24, 2.45) is 0 Å². The minimum atomic E-state index is 0. The fourth-order valence-electron chi connectivity index (χ4n) is 1.76. The molecule has 0 unspecified atom stereocenters. The van der Waals surface area contributed by atoms with Gasteiger partial charge in [-0.25, -0.2) is 0 Å². The predicted molar refractivity (Wildman–Crippen MR) is 109 cm³/mol. The first-order chi connectivity index (χ1) is 12.1. The molecule has 3 aromatic rings. The van der Waals surface area contributed by atoms with Gasteiger partial charge in [-0.15, -0.1) is 19.2 Å². The molecule has 8 heteroatoms. The number of hydrogen-bond acceptors (Lipinski definition) is 4. The van der Waals surface area contributed by atoms with Crippen LogP contribution in [0.2, 0.25) is 10.0 Å². The number of nitrogens with two attached hydrogens (primary N) is 1. The summed E-state index contributed by atoms with van der Waals surface area (Å²) in [5.41, 5.74) is 15.5. The van der Waals surface area contributed by atoms with E-state index in [2.05, 4.69) is 28.5 Å². The Bertz CT molecular complexity index is 769. The van der Waals surface area contributed by atoms with E-state index >= 15 is 0 Å². The van der Waals surface area contributed by atoms with Crippen LogP contribution in [0.5, 0.6) is 0 Å². The second kappa shape index (κ2) is 13.0. The van der Waals surface area contributed by atoms with Crippen LogP contribution in [0, 0.1) is 0 Å². The topological polar surface area (TPSA) is 65.0 Å². The van der Waals surface area contributed by atoms with Crippen molar-refractivity contribution in [2.45, 2.75) is 11.4 Å². The quantitative estimate of drug-likeness (QED) is 0.258. The van der Waals surface area contributed by atoms with Crippen LogP contribution in [0.15, 0.2) is 71.9 Å². The van der Waals surface area contributed by atoms with E-state index in [-0.39, 0.29) is 51.4 Å². The van der Waals surface area contributed by atoms with E-state index in [0.717, 1.165) is 16.9 Å². The summed E-state index contributed by atoms with van der Waals surface area (Å²) in [5.74, 6) is 0. The Balaban J connectivity index is 0.000000290. The molecule has 0 saturated heterocycles. The van der Waals surface area contributed by atoms with E-state index in [0.29, 0.717) is 21.5 Å². The number of rotatable bonds is 4. The fraction of sp³-hybridized carbons (Fsp3) is 0.0556. The molecule has 0 aliphatic heterocycles. The first-order valence-corrected chi connectivity index (χ1v) is 8.56. The summed E-state index contributed by atoms with van der Waals surface area (Å²) in [7, 11) is 0. The van der Waals surface area contributed by atoms with Crippen molar-refractivity contribution in [3.8, 4) is 0 Å². The summed E-state index contributed by atoms with van der Waals surface area (Å²) < 4.78 is 0. The number of nitrogens with zero attached hydrogens (tertiary/aromatic N) is 2. The van der Waals surface area contributed by atoms with E-state index in [9.17, 15) is 0 Å². The first-order valence-electron chi connectivity index (χ1n) is 7.36. The largest absolute Gasteiger partial charge is 1.00 e. The van der Waals surface area contributed by atoms with Crippen LogP contribution in [0.4, 0.5) is 11.4 Å². The molecule has 3 rings (SSSR count). The normalized spacial score (nSPS) is 9.50. The second-order valence-corrected chi connectivity index (χ2v) is 6.24. The van der Waals surface area contributed by atoms with Gasteiger partial charge in [0.15, 0.2) is 0 Å². The summed E-state index contributed by atoms with van der Waals surface area (Å²) in [6, 6.07) is 16.6. The minimum absolute atomic E-state index is 0. The average Bonchev–Trinajstić information content (AvgIpc) is 2.63. The number of nitrogen functional groups attached to an aromatic ring is 1. The molecule has 2 aromatic carbocycles. The number of halogens is 2. The summed E-state index contributed by atoms with van der Waals surface area (Å²) >= 11 is 15.4. The number of aromatic nitrogens is 1. The number of nitrogens with one attached hydrogen (secondary N) is 1. The van der Waals surface area contributed by atoms with Crippen molar-refractivity contribution < 1.29 is 51.4 Å². The number of thiol groups is 1. The Morgan fingerprint density at radius 3 is 2.19 bits per heavy atom. The standard InChI is InChI=1S/C12H13N4.C6H4Cl2S.K/c13-11-3-5-12(6-4-11)16-15-9-10-2-1-7-14-8-10;7-4-2-1-3-5(8)6(4)9;/h1-8,16H,9,13H2;1-3,9H;/q-1;;+1. The van der Waals surface area contributed by atoms with Gasteiger partial charge in [-0.05, 0) is 48.0 Å². The van der Waals surface area contributed by atoms with Crippen molar-refractivity contribution in [1.82, 2.24) is 4.98 Å². The third kappa shape index (κ3) is 8.60. The van der Waals surface area contributed by atoms with E-state index in [1.807, 2.05) is 36.4 Å². The zero-order valence-electron chi connectivity index (χ0n) is 14.2. The molecule has 130 valence electrons. The predicted octanol–water partition coefficient (Wildman–Crippen LogP) is 2.85. The van der Waals surface area contributed by atoms with Gasteiger partial charge in [0.25, 0.3) is 0 Å². The van der Waals surface area contributed by atoms with Crippen molar-refractivity contribution in [1.29, 1.82) is 0 Å². The van der Waals surface area contributed by atoms with Crippen molar-refractivity contribution >= 4 is 47.2 Å². The summed E-state index contributed by atoms with van der Waals surface area (Å²) in [5, 5.41) is 1.18. The second-order valence-electron chi connectivity index (χ2n) is 4.98. The molecule has 4 nitrogen and oxygen atoms in total. The van der Waals surface area contributed by atoms with Gasteiger partial charge in [0, 0.05) is 28.7 Å². The maximum Gasteiger partial charge on any atom is 1.00 e. The SMILES string of the molecule is Nc1ccc(N[N-]Cc2cccnc2)cc1.Sc1c(Cl)cccc1Cl.[K+]. The molecule has 0 spiro atoms. The molecule has 3 N–H and O–H groups in total. The van der Waals surface area contributed by atoms with Gasteiger partial charge in [-0.3, -0.25) is 4.98 Å². The Labute approximate surface area is 211 Å². The van der Waals surface area contributed by atoms with Crippen LogP contribution in [0.1, 0.15) is 5.56 Å². The number of pyridine rings is 1. The summed E-state index contributed by atoms with van der Waals surface area (Å²) in [6.45, 7) is 0.595. The average molecular weight is 431 g/mol. The Morgan fingerprint density at radius 1 is 1.00 bits per heavy atom. The van der Waals surface area contributed by atoms with E-state index in [1.54, 1.807) is 30.6 Å². The Hall–Kier alpha value is -0.284. The Kier molecular flexibility index (Phi) is 11.9. The monoisotopic (exact) mass is 430 g/mol. The van der Waals surface area contributed by atoms with Gasteiger partial charge in [-0.2, -0.15) is 0 Å². The number of anilines is 2. The molecule has 0 aliphatic rings. The minimum Gasteiger partial charge on any atom is -0.567 e. The Morgan fingerprint density at radius 2 is 1.65 bits per heavy atom. The third-order valence-corrected chi connectivity index (χ3v) is 4.42. The maximum absolute atomic E-state index is 5.65. The molecule has 26 heavy (non-hydrogen) atoms. The van der Waals surface area contributed by atoms with Crippen LogP contribution in [-0.4, -0.2) is 4.98 Å². The molecule has 0 atom stereocenters. The molecular formula is C18H17Cl2KN4S. The maximum atomic E-state index is 5.65. The first kappa shape index (κ1) is 23.8. The van der Waals surface area contributed by atoms with Gasteiger partial charge < -0.3 is 16.6 Å². The van der Waals surface area contributed by atoms with Crippen LogP contribution in [-0.2, 0) is 6.54 Å². The van der Waals surface area contributed by atoms with Crippen molar-refractivity contribution in [3.63, 3.8) is 0 Å². The molecule has 0 amide bonds.